The minimum absolute atomic E-state index is 0.589. The fraction of sp³-hybridized carbons (Fsp3) is 0. The van der Waals surface area contributed by atoms with Gasteiger partial charge in [0.15, 0.2) is 11.6 Å². The lowest BCUT2D eigenvalue weighted by Crippen LogP contribution is -2.06. The van der Waals surface area contributed by atoms with Crippen LogP contribution in [-0.4, -0.2) is 24.5 Å². The SMILES string of the molecule is c1ccc(-c2ccc(-c3nc(-c4ccccc4)nc(-n4c5ccccc5c5c6sc7ncccc7c6ccc54)n3)cc2)cc1. The summed E-state index contributed by atoms with van der Waals surface area (Å²) in [5, 5.41) is 4.75. The summed E-state index contributed by atoms with van der Waals surface area (Å²) in [7, 11) is 0. The van der Waals surface area contributed by atoms with Crippen LogP contribution in [0.4, 0.5) is 0 Å². The number of para-hydroxylation sites is 1. The molecule has 206 valence electrons. The number of hydrogen-bond donors (Lipinski definition) is 0. The number of thiophene rings is 1. The fourth-order valence-electron chi connectivity index (χ4n) is 6.09. The molecule has 5 aromatic carbocycles. The van der Waals surface area contributed by atoms with Crippen molar-refractivity contribution in [2.45, 2.75) is 0 Å². The van der Waals surface area contributed by atoms with E-state index in [0.29, 0.717) is 17.6 Å². The van der Waals surface area contributed by atoms with Crippen LogP contribution in [0.5, 0.6) is 0 Å². The van der Waals surface area contributed by atoms with Gasteiger partial charge in [-0.3, -0.25) is 4.57 Å². The molecule has 0 aliphatic heterocycles. The molecule has 0 saturated carbocycles. The van der Waals surface area contributed by atoms with Gasteiger partial charge in [-0.25, -0.2) is 9.97 Å². The minimum Gasteiger partial charge on any atom is -0.278 e. The van der Waals surface area contributed by atoms with Crippen LogP contribution in [-0.2, 0) is 0 Å². The molecule has 9 rings (SSSR count). The third kappa shape index (κ3) is 3.92. The summed E-state index contributed by atoms with van der Waals surface area (Å²) in [5.74, 6) is 1.85. The Labute approximate surface area is 256 Å². The maximum absolute atomic E-state index is 5.13. The van der Waals surface area contributed by atoms with Gasteiger partial charge in [-0.05, 0) is 35.4 Å². The van der Waals surface area contributed by atoms with Crippen LogP contribution in [0.1, 0.15) is 0 Å². The van der Waals surface area contributed by atoms with Crippen LogP contribution in [0.15, 0.2) is 140 Å². The Morgan fingerprint density at radius 3 is 1.84 bits per heavy atom. The third-order valence-corrected chi connectivity index (χ3v) is 9.30. The zero-order valence-corrected chi connectivity index (χ0v) is 24.2. The van der Waals surface area contributed by atoms with Crippen LogP contribution >= 0.6 is 11.3 Å². The highest BCUT2D eigenvalue weighted by molar-refractivity contribution is 7.26. The van der Waals surface area contributed by atoms with Gasteiger partial charge in [-0.15, -0.1) is 11.3 Å². The molecule has 0 aliphatic carbocycles. The van der Waals surface area contributed by atoms with Crippen molar-refractivity contribution in [3.8, 4) is 39.9 Å². The Morgan fingerprint density at radius 2 is 1.07 bits per heavy atom. The largest absolute Gasteiger partial charge is 0.278 e. The first-order valence-electron chi connectivity index (χ1n) is 14.5. The Morgan fingerprint density at radius 1 is 0.455 bits per heavy atom. The van der Waals surface area contributed by atoms with E-state index in [1.165, 1.54) is 26.4 Å². The van der Waals surface area contributed by atoms with Crippen molar-refractivity contribution in [3.63, 3.8) is 0 Å². The van der Waals surface area contributed by atoms with E-state index >= 15 is 0 Å². The van der Waals surface area contributed by atoms with Gasteiger partial charge in [0.1, 0.15) is 4.83 Å². The first kappa shape index (κ1) is 24.8. The topological polar surface area (TPSA) is 56.5 Å². The number of hydrogen-bond acceptors (Lipinski definition) is 5. The average Bonchev–Trinajstić information content (AvgIpc) is 3.65. The van der Waals surface area contributed by atoms with E-state index in [1.807, 2.05) is 48.7 Å². The number of rotatable bonds is 4. The van der Waals surface area contributed by atoms with Crippen LogP contribution < -0.4 is 0 Å². The van der Waals surface area contributed by atoms with E-state index in [2.05, 4.69) is 101 Å². The predicted octanol–water partition coefficient (Wildman–Crippen LogP) is 9.73. The normalized spacial score (nSPS) is 11.6. The van der Waals surface area contributed by atoms with Gasteiger partial charge in [0.05, 0.1) is 11.0 Å². The zero-order valence-electron chi connectivity index (χ0n) is 23.4. The molecule has 4 aromatic heterocycles. The van der Waals surface area contributed by atoms with Crippen molar-refractivity contribution in [1.82, 2.24) is 24.5 Å². The van der Waals surface area contributed by atoms with Crippen LogP contribution in [0.25, 0.3) is 82.0 Å². The van der Waals surface area contributed by atoms with Crippen molar-refractivity contribution >= 4 is 53.4 Å². The van der Waals surface area contributed by atoms with Crippen molar-refractivity contribution in [2.24, 2.45) is 0 Å². The van der Waals surface area contributed by atoms with Gasteiger partial charge < -0.3 is 0 Å². The molecular formula is C38H23N5S. The number of pyridine rings is 1. The molecule has 0 saturated heterocycles. The Balaban J connectivity index is 1.30. The number of benzene rings is 5. The lowest BCUT2D eigenvalue weighted by Gasteiger charge is -2.11. The quantitative estimate of drug-likeness (QED) is 0.208. The van der Waals surface area contributed by atoms with Crippen molar-refractivity contribution in [3.05, 3.63) is 140 Å². The van der Waals surface area contributed by atoms with E-state index in [9.17, 15) is 0 Å². The van der Waals surface area contributed by atoms with Gasteiger partial charge in [0.25, 0.3) is 0 Å². The highest BCUT2D eigenvalue weighted by Crippen LogP contribution is 2.42. The lowest BCUT2D eigenvalue weighted by atomic mass is 10.0. The molecule has 5 nitrogen and oxygen atoms in total. The Kier molecular flexibility index (Phi) is 5.61. The molecular weight excluding hydrogens is 559 g/mol. The zero-order chi connectivity index (χ0) is 29.0. The van der Waals surface area contributed by atoms with Gasteiger partial charge in [0, 0.05) is 43.6 Å². The van der Waals surface area contributed by atoms with Crippen molar-refractivity contribution < 1.29 is 0 Å². The minimum atomic E-state index is 0.589. The molecule has 9 aromatic rings. The highest BCUT2D eigenvalue weighted by atomic mass is 32.1. The predicted molar refractivity (Wildman–Crippen MR) is 181 cm³/mol. The molecule has 0 radical (unpaired) electrons. The standard InChI is InChI=1S/C38H23N5S/c1-3-10-24(11-4-1)25-17-19-27(20-18-25)36-40-35(26-12-5-2-6-13-26)41-38(42-36)43-31-16-8-7-14-30(31)33-32(43)22-21-28-29-15-9-23-39-37(29)44-34(28)33/h1-23H. The average molecular weight is 582 g/mol. The third-order valence-electron chi connectivity index (χ3n) is 8.16. The molecule has 0 bridgehead atoms. The van der Waals surface area contributed by atoms with Gasteiger partial charge in [-0.2, -0.15) is 9.97 Å². The second kappa shape index (κ2) is 9.93. The maximum Gasteiger partial charge on any atom is 0.238 e. The Bertz CT molecular complexity index is 2480. The Hall–Kier alpha value is -5.72. The van der Waals surface area contributed by atoms with Crippen molar-refractivity contribution in [1.29, 1.82) is 0 Å². The number of nitrogens with zero attached hydrogens (tertiary/aromatic N) is 5. The van der Waals surface area contributed by atoms with Gasteiger partial charge in [0.2, 0.25) is 5.95 Å². The molecule has 0 atom stereocenters. The summed E-state index contributed by atoms with van der Waals surface area (Å²) in [4.78, 5) is 20.9. The summed E-state index contributed by atoms with van der Waals surface area (Å²) in [6.07, 6.45) is 1.86. The van der Waals surface area contributed by atoms with Gasteiger partial charge in [-0.1, -0.05) is 109 Å². The highest BCUT2D eigenvalue weighted by Gasteiger charge is 2.20. The molecule has 0 aliphatic rings. The number of fused-ring (bicyclic) bond motifs is 7. The second-order valence-electron chi connectivity index (χ2n) is 10.7. The second-order valence-corrected chi connectivity index (χ2v) is 11.7. The molecule has 0 amide bonds. The molecule has 0 spiro atoms. The van der Waals surface area contributed by atoms with E-state index in [0.717, 1.165) is 37.9 Å². The molecule has 44 heavy (non-hydrogen) atoms. The monoisotopic (exact) mass is 581 g/mol. The molecule has 0 fully saturated rings. The van der Waals surface area contributed by atoms with E-state index in [4.69, 9.17) is 15.0 Å². The first-order chi connectivity index (χ1) is 21.8. The summed E-state index contributed by atoms with van der Waals surface area (Å²) in [5.41, 5.74) is 6.31. The molecule has 0 unspecified atom stereocenters. The summed E-state index contributed by atoms with van der Waals surface area (Å²) in [6.45, 7) is 0. The van der Waals surface area contributed by atoms with E-state index in [-0.39, 0.29) is 0 Å². The van der Waals surface area contributed by atoms with Crippen molar-refractivity contribution in [2.75, 3.05) is 0 Å². The maximum atomic E-state index is 5.13. The number of aromatic nitrogens is 5. The van der Waals surface area contributed by atoms with E-state index < -0.39 is 0 Å². The summed E-state index contributed by atoms with van der Waals surface area (Å²) < 4.78 is 3.40. The fourth-order valence-corrected chi connectivity index (χ4v) is 7.29. The summed E-state index contributed by atoms with van der Waals surface area (Å²) >= 11 is 1.74. The van der Waals surface area contributed by atoms with Crippen LogP contribution in [0.3, 0.4) is 0 Å². The lowest BCUT2D eigenvalue weighted by molar-refractivity contribution is 0.953. The van der Waals surface area contributed by atoms with Crippen LogP contribution in [0.2, 0.25) is 0 Å². The smallest absolute Gasteiger partial charge is 0.238 e. The molecule has 6 heteroatoms. The van der Waals surface area contributed by atoms with E-state index in [1.54, 1.807) is 11.3 Å². The molecule has 0 N–H and O–H groups in total. The molecule has 4 heterocycles. The first-order valence-corrected chi connectivity index (χ1v) is 15.3. The van der Waals surface area contributed by atoms with Gasteiger partial charge >= 0.3 is 0 Å². The van der Waals surface area contributed by atoms with Crippen LogP contribution in [0, 0.1) is 0 Å². The summed E-state index contributed by atoms with van der Waals surface area (Å²) in [6, 6.07) is 46.0.